The first kappa shape index (κ1) is 27.4. The van der Waals surface area contributed by atoms with Crippen LogP contribution in [0.5, 0.6) is 0 Å². The van der Waals surface area contributed by atoms with E-state index in [1.54, 1.807) is 0 Å². The molecular weight excluding hydrogens is 496 g/mol. The Morgan fingerprint density at radius 3 is 2.51 bits per heavy atom. The third-order valence-corrected chi connectivity index (χ3v) is 8.32. The maximum absolute atomic E-state index is 12.5. The van der Waals surface area contributed by atoms with Crippen LogP contribution in [0.4, 0.5) is 10.5 Å². The van der Waals surface area contributed by atoms with Crippen LogP contribution in [0.25, 0.3) is 10.9 Å². The fourth-order valence-corrected chi connectivity index (χ4v) is 6.14. The van der Waals surface area contributed by atoms with Gasteiger partial charge in [0.25, 0.3) is 0 Å². The molecule has 1 unspecified atom stereocenters. The lowest BCUT2D eigenvalue weighted by Crippen LogP contribution is -2.54. The summed E-state index contributed by atoms with van der Waals surface area (Å²) < 4.78 is 7.39. The topological polar surface area (TPSA) is 100 Å². The number of carbonyl (C=O) groups is 3. The van der Waals surface area contributed by atoms with E-state index < -0.39 is 11.5 Å². The number of nitrogens with zero attached hydrogens (tertiary/aromatic N) is 5. The van der Waals surface area contributed by atoms with Crippen LogP contribution in [0.1, 0.15) is 65.0 Å². The minimum Gasteiger partial charge on any atom is -0.444 e. The minimum absolute atomic E-state index is 0.197. The quantitative estimate of drug-likeness (QED) is 0.597. The highest BCUT2D eigenvalue weighted by atomic mass is 16.6. The van der Waals surface area contributed by atoms with Gasteiger partial charge in [-0.2, -0.15) is 5.10 Å². The van der Waals surface area contributed by atoms with Crippen molar-refractivity contribution < 1.29 is 19.1 Å². The second-order valence-electron chi connectivity index (χ2n) is 12.4. The maximum atomic E-state index is 12.5. The normalized spacial score (nSPS) is 23.8. The van der Waals surface area contributed by atoms with Gasteiger partial charge < -0.3 is 14.5 Å². The molecule has 3 aliphatic heterocycles. The monoisotopic (exact) mass is 538 g/mol. The first-order valence-corrected chi connectivity index (χ1v) is 14.3. The van der Waals surface area contributed by atoms with Gasteiger partial charge >= 0.3 is 6.09 Å². The van der Waals surface area contributed by atoms with E-state index in [-0.39, 0.29) is 17.9 Å². The molecule has 0 aliphatic carbocycles. The largest absolute Gasteiger partial charge is 0.444 e. The lowest BCUT2D eigenvalue weighted by atomic mass is 9.92. The van der Waals surface area contributed by atoms with Crippen molar-refractivity contribution in [3.8, 4) is 0 Å². The first-order valence-electron chi connectivity index (χ1n) is 14.3. The number of ether oxygens (including phenoxy) is 1. The number of fused-ring (bicyclic) bond motifs is 1. The highest BCUT2D eigenvalue weighted by Gasteiger charge is 2.33. The Labute approximate surface area is 230 Å². The molecule has 1 aromatic heterocycles. The van der Waals surface area contributed by atoms with Crippen LogP contribution in [-0.4, -0.2) is 88.4 Å². The van der Waals surface area contributed by atoms with Gasteiger partial charge in [0.1, 0.15) is 5.60 Å². The molecule has 39 heavy (non-hydrogen) atoms. The smallest absolute Gasteiger partial charge is 0.410 e. The molecule has 212 valence electrons. The van der Waals surface area contributed by atoms with E-state index in [1.165, 1.54) is 0 Å². The summed E-state index contributed by atoms with van der Waals surface area (Å²) in [6.45, 7) is 13.5. The summed E-state index contributed by atoms with van der Waals surface area (Å²) in [6.07, 6.45) is 2.67. The Morgan fingerprint density at radius 2 is 1.85 bits per heavy atom. The standard InChI is InChI=1S/C29H42N6O4/c1-19-17-35(15-14-34(19)18-20-10-12-33(13-11-20)28(38)39-29(2,3)4)21-6-7-22-24(16-21)32(5)31-26(22)23-8-9-25(36)30-27(23)37/h6-7,16,19-20,23H,8-15,17-18H2,1-5H3,(H,30,36,37)/t19-,23?/m1/s1. The number of anilines is 1. The van der Waals surface area contributed by atoms with Gasteiger partial charge in [-0.05, 0) is 71.1 Å². The van der Waals surface area contributed by atoms with Crippen molar-refractivity contribution in [1.82, 2.24) is 24.9 Å². The second kappa shape index (κ2) is 10.8. The zero-order valence-corrected chi connectivity index (χ0v) is 23.9. The minimum atomic E-state index is -0.458. The molecule has 2 atom stereocenters. The van der Waals surface area contributed by atoms with Crippen LogP contribution in [0.15, 0.2) is 18.2 Å². The Morgan fingerprint density at radius 1 is 1.10 bits per heavy atom. The van der Waals surface area contributed by atoms with Gasteiger partial charge in [-0.15, -0.1) is 0 Å². The number of carbonyl (C=O) groups excluding carboxylic acids is 3. The molecule has 3 aliphatic rings. The number of likely N-dealkylation sites (tertiary alicyclic amines) is 1. The Bertz CT molecular complexity index is 1240. The van der Waals surface area contributed by atoms with E-state index in [4.69, 9.17) is 4.74 Å². The van der Waals surface area contributed by atoms with E-state index in [2.05, 4.69) is 45.3 Å². The highest BCUT2D eigenvalue weighted by molar-refractivity contribution is 6.02. The third-order valence-electron chi connectivity index (χ3n) is 8.32. The lowest BCUT2D eigenvalue weighted by Gasteiger charge is -2.43. The van der Waals surface area contributed by atoms with E-state index in [1.807, 2.05) is 37.4 Å². The summed E-state index contributed by atoms with van der Waals surface area (Å²) in [6, 6.07) is 6.80. The highest BCUT2D eigenvalue weighted by Crippen LogP contribution is 2.33. The number of hydrogen-bond acceptors (Lipinski definition) is 7. The van der Waals surface area contributed by atoms with Crippen LogP contribution in [-0.2, 0) is 21.4 Å². The maximum Gasteiger partial charge on any atom is 0.410 e. The Balaban J connectivity index is 1.18. The van der Waals surface area contributed by atoms with Crippen molar-refractivity contribution in [3.63, 3.8) is 0 Å². The van der Waals surface area contributed by atoms with Gasteiger partial charge in [0, 0.05) is 69.9 Å². The molecule has 4 heterocycles. The van der Waals surface area contributed by atoms with Crippen LogP contribution in [0.2, 0.25) is 0 Å². The van der Waals surface area contributed by atoms with Crippen molar-refractivity contribution in [1.29, 1.82) is 0 Å². The Hall–Kier alpha value is -3.14. The number of hydrogen-bond donors (Lipinski definition) is 1. The third kappa shape index (κ3) is 6.05. The number of aryl methyl sites for hydroxylation is 1. The number of benzene rings is 1. The van der Waals surface area contributed by atoms with Crippen molar-refractivity contribution in [3.05, 3.63) is 23.9 Å². The van der Waals surface area contributed by atoms with E-state index in [0.29, 0.717) is 24.8 Å². The van der Waals surface area contributed by atoms with Crippen molar-refractivity contribution in [2.75, 3.05) is 44.2 Å². The molecule has 0 radical (unpaired) electrons. The summed E-state index contributed by atoms with van der Waals surface area (Å²) >= 11 is 0. The second-order valence-corrected chi connectivity index (χ2v) is 12.4. The van der Waals surface area contributed by atoms with Crippen molar-refractivity contribution in [2.24, 2.45) is 13.0 Å². The summed E-state index contributed by atoms with van der Waals surface area (Å²) in [7, 11) is 1.91. The SMILES string of the molecule is C[C@@H]1CN(c2ccc3c(C4CCC(=O)NC4=O)nn(C)c3c2)CCN1CC1CCN(C(=O)OC(C)(C)C)CC1. The number of aromatic nitrogens is 2. The van der Waals surface area contributed by atoms with E-state index in [0.717, 1.165) is 74.4 Å². The fraction of sp³-hybridized carbons (Fsp3) is 0.655. The Kier molecular flexibility index (Phi) is 7.59. The van der Waals surface area contributed by atoms with Gasteiger partial charge in [-0.3, -0.25) is 24.5 Å². The average Bonchev–Trinajstić information content (AvgIpc) is 3.20. The summed E-state index contributed by atoms with van der Waals surface area (Å²) in [5.74, 6) is -0.264. The van der Waals surface area contributed by atoms with Crippen molar-refractivity contribution >= 4 is 34.5 Å². The predicted molar refractivity (Wildman–Crippen MR) is 150 cm³/mol. The van der Waals surface area contributed by atoms with E-state index in [9.17, 15) is 14.4 Å². The summed E-state index contributed by atoms with van der Waals surface area (Å²) in [5, 5.41) is 8.11. The van der Waals surface area contributed by atoms with Gasteiger partial charge in [0.05, 0.1) is 17.1 Å². The van der Waals surface area contributed by atoms with Crippen LogP contribution >= 0.6 is 0 Å². The van der Waals surface area contributed by atoms with Gasteiger partial charge in [0.15, 0.2) is 0 Å². The average molecular weight is 539 g/mol. The zero-order valence-electron chi connectivity index (χ0n) is 23.9. The number of piperazine rings is 1. The van der Waals surface area contributed by atoms with Gasteiger partial charge in [0.2, 0.25) is 11.8 Å². The van der Waals surface area contributed by atoms with Gasteiger partial charge in [-0.25, -0.2) is 4.79 Å². The number of amides is 3. The molecule has 0 spiro atoms. The number of piperidine rings is 2. The first-order chi connectivity index (χ1) is 18.5. The van der Waals surface area contributed by atoms with Crippen molar-refractivity contribution in [2.45, 2.75) is 70.9 Å². The van der Waals surface area contributed by atoms with Gasteiger partial charge in [-0.1, -0.05) is 0 Å². The molecule has 0 saturated carbocycles. The molecule has 1 N–H and O–H groups in total. The molecule has 10 heteroatoms. The molecule has 3 fully saturated rings. The number of nitrogens with one attached hydrogen (secondary N) is 1. The molecule has 3 saturated heterocycles. The van der Waals surface area contributed by atoms with Crippen LogP contribution < -0.4 is 10.2 Å². The molecule has 2 aromatic rings. The number of rotatable bonds is 4. The summed E-state index contributed by atoms with van der Waals surface area (Å²) in [4.78, 5) is 43.3. The molecular formula is C29H42N6O4. The summed E-state index contributed by atoms with van der Waals surface area (Å²) in [5.41, 5.74) is 2.46. The zero-order chi connectivity index (χ0) is 27.9. The molecule has 5 rings (SSSR count). The van der Waals surface area contributed by atoms with Crippen LogP contribution in [0.3, 0.4) is 0 Å². The van der Waals surface area contributed by atoms with Crippen LogP contribution in [0, 0.1) is 5.92 Å². The molecule has 1 aromatic carbocycles. The molecule has 3 amide bonds. The molecule has 10 nitrogen and oxygen atoms in total. The predicted octanol–water partition coefficient (Wildman–Crippen LogP) is 3.25. The van der Waals surface area contributed by atoms with E-state index >= 15 is 0 Å². The fourth-order valence-electron chi connectivity index (χ4n) is 6.14. The number of imide groups is 1. The molecule has 0 bridgehead atoms. The lowest BCUT2D eigenvalue weighted by molar-refractivity contribution is -0.134.